The first-order valence-electron chi connectivity index (χ1n) is 8.74. The Labute approximate surface area is 146 Å². The van der Waals surface area contributed by atoms with Crippen molar-refractivity contribution < 1.29 is 36.6 Å². The van der Waals surface area contributed by atoms with E-state index in [9.17, 15) is 22.4 Å². The number of alkyl halides is 4. The topological polar surface area (TPSA) is 44.8 Å². The molecule has 0 spiro atoms. The summed E-state index contributed by atoms with van der Waals surface area (Å²) < 4.78 is 69.5. The third-order valence-electron chi connectivity index (χ3n) is 4.03. The predicted molar refractivity (Wildman–Crippen MR) is 84.0 cm³/mol. The maximum Gasteiger partial charge on any atom is 0.306 e. The van der Waals surface area contributed by atoms with Crippen LogP contribution in [0.25, 0.3) is 0 Å². The van der Waals surface area contributed by atoms with Crippen LogP contribution in [0.1, 0.15) is 52.4 Å². The first-order valence-corrected chi connectivity index (χ1v) is 8.74. The lowest BCUT2D eigenvalue weighted by molar-refractivity contribution is -0.201. The van der Waals surface area contributed by atoms with Crippen LogP contribution >= 0.6 is 0 Å². The number of hydrogen-bond acceptors (Lipinski definition) is 4. The molecule has 1 rings (SSSR count). The molecular formula is C17H28F4O4. The van der Waals surface area contributed by atoms with Crippen molar-refractivity contribution in [3.8, 4) is 0 Å². The van der Waals surface area contributed by atoms with Crippen LogP contribution in [0.15, 0.2) is 0 Å². The summed E-state index contributed by atoms with van der Waals surface area (Å²) in [5.74, 6) is -7.86. The van der Waals surface area contributed by atoms with Gasteiger partial charge >= 0.3 is 5.97 Å². The van der Waals surface area contributed by atoms with Gasteiger partial charge in [-0.25, -0.2) is 17.6 Å². The first kappa shape index (κ1) is 22.2. The molecule has 0 amide bonds. The molecule has 0 aromatic carbocycles. The van der Waals surface area contributed by atoms with Crippen molar-refractivity contribution in [1.29, 1.82) is 0 Å². The van der Waals surface area contributed by atoms with Gasteiger partial charge < -0.3 is 14.2 Å². The average Bonchev–Trinajstić information content (AvgIpc) is 2.49. The minimum Gasteiger partial charge on any atom is -0.453 e. The van der Waals surface area contributed by atoms with Crippen molar-refractivity contribution in [2.75, 3.05) is 26.4 Å². The van der Waals surface area contributed by atoms with Crippen LogP contribution in [-0.4, -0.2) is 50.3 Å². The zero-order valence-electron chi connectivity index (χ0n) is 14.9. The van der Waals surface area contributed by atoms with Crippen LogP contribution in [-0.2, 0) is 19.0 Å². The fraction of sp³-hybridized carbons (Fsp3) is 0.941. The van der Waals surface area contributed by atoms with Crippen LogP contribution in [0.5, 0.6) is 0 Å². The quantitative estimate of drug-likeness (QED) is 0.310. The number of carbonyl (C=O) groups is 1. The molecule has 0 radical (unpaired) electrons. The van der Waals surface area contributed by atoms with Gasteiger partial charge in [-0.15, -0.1) is 0 Å². The largest absolute Gasteiger partial charge is 0.453 e. The molecule has 1 atom stereocenters. The Kier molecular flexibility index (Phi) is 9.13. The molecule has 0 bridgehead atoms. The molecule has 1 saturated heterocycles. The van der Waals surface area contributed by atoms with Crippen molar-refractivity contribution in [2.24, 2.45) is 5.92 Å². The van der Waals surface area contributed by atoms with Gasteiger partial charge in [-0.3, -0.25) is 4.79 Å². The van der Waals surface area contributed by atoms with Gasteiger partial charge in [-0.2, -0.15) is 0 Å². The highest BCUT2D eigenvalue weighted by atomic mass is 19.3. The van der Waals surface area contributed by atoms with Gasteiger partial charge in [0.25, 0.3) is 11.8 Å². The summed E-state index contributed by atoms with van der Waals surface area (Å²) in [7, 11) is 0. The van der Waals surface area contributed by atoms with E-state index in [2.05, 4.69) is 0 Å². The Morgan fingerprint density at radius 2 is 1.88 bits per heavy atom. The van der Waals surface area contributed by atoms with E-state index in [1.54, 1.807) is 6.92 Å². The van der Waals surface area contributed by atoms with E-state index < -0.39 is 36.9 Å². The van der Waals surface area contributed by atoms with Crippen LogP contribution in [0.3, 0.4) is 0 Å². The zero-order valence-corrected chi connectivity index (χ0v) is 14.9. The van der Waals surface area contributed by atoms with Gasteiger partial charge in [0, 0.05) is 26.2 Å². The number of rotatable bonds is 11. The molecular weight excluding hydrogens is 344 g/mol. The van der Waals surface area contributed by atoms with Crippen LogP contribution in [0.4, 0.5) is 17.6 Å². The second-order valence-electron chi connectivity index (χ2n) is 6.66. The van der Waals surface area contributed by atoms with Crippen LogP contribution in [0.2, 0.25) is 0 Å². The molecule has 0 aromatic heterocycles. The number of esters is 1. The molecule has 148 valence electrons. The lowest BCUT2D eigenvalue weighted by Crippen LogP contribution is -2.44. The van der Waals surface area contributed by atoms with Gasteiger partial charge in [0.15, 0.2) is 6.10 Å². The fourth-order valence-corrected chi connectivity index (χ4v) is 2.67. The van der Waals surface area contributed by atoms with Crippen molar-refractivity contribution >= 4 is 5.97 Å². The number of carbonyl (C=O) groups excluding carboxylic acids is 1. The molecule has 1 heterocycles. The van der Waals surface area contributed by atoms with E-state index in [4.69, 9.17) is 14.2 Å². The molecule has 8 heteroatoms. The third-order valence-corrected chi connectivity index (χ3v) is 4.03. The highest BCUT2D eigenvalue weighted by molar-refractivity contribution is 5.69. The summed E-state index contributed by atoms with van der Waals surface area (Å²) in [5, 5.41) is 0. The summed E-state index contributed by atoms with van der Waals surface area (Å²) in [4.78, 5) is 11.5. The van der Waals surface area contributed by atoms with E-state index in [1.165, 1.54) is 0 Å². The molecule has 1 aliphatic rings. The number of ether oxygens (including phenoxy) is 3. The van der Waals surface area contributed by atoms with Gasteiger partial charge in [0.05, 0.1) is 13.0 Å². The minimum absolute atomic E-state index is 0.0445. The molecule has 1 aliphatic heterocycles. The van der Waals surface area contributed by atoms with Crippen molar-refractivity contribution in [1.82, 2.24) is 0 Å². The maximum absolute atomic E-state index is 14.1. The van der Waals surface area contributed by atoms with Crippen LogP contribution < -0.4 is 0 Å². The Hall–Kier alpha value is -0.890. The summed E-state index contributed by atoms with van der Waals surface area (Å²) in [5.41, 5.74) is 0. The lowest BCUT2D eigenvalue weighted by Gasteiger charge is -2.29. The van der Waals surface area contributed by atoms with Gasteiger partial charge in [0.1, 0.15) is 0 Å². The van der Waals surface area contributed by atoms with Gasteiger partial charge in [0.2, 0.25) is 0 Å². The normalized spacial score (nSPS) is 18.2. The Balaban J connectivity index is 2.53. The van der Waals surface area contributed by atoms with Gasteiger partial charge in [-0.05, 0) is 38.5 Å². The van der Waals surface area contributed by atoms with Crippen molar-refractivity contribution in [3.05, 3.63) is 0 Å². The zero-order chi connectivity index (χ0) is 18.9. The van der Waals surface area contributed by atoms with E-state index >= 15 is 0 Å². The standard InChI is InChI=1S/C17H28F4O4/c1-3-4-15(22)25-14(17(20,21)12-16(2,18)19)11-24-10-7-13-5-8-23-9-6-13/h13-14H,3-12H2,1-2H3. The van der Waals surface area contributed by atoms with Crippen LogP contribution in [0, 0.1) is 5.92 Å². The first-order chi connectivity index (χ1) is 11.6. The summed E-state index contributed by atoms with van der Waals surface area (Å²) in [6.45, 7) is 3.07. The van der Waals surface area contributed by atoms with Crippen molar-refractivity contribution in [3.63, 3.8) is 0 Å². The monoisotopic (exact) mass is 372 g/mol. The average molecular weight is 372 g/mol. The lowest BCUT2D eigenvalue weighted by atomic mass is 9.97. The summed E-state index contributed by atoms with van der Waals surface area (Å²) >= 11 is 0. The highest BCUT2D eigenvalue weighted by Crippen LogP contribution is 2.34. The molecule has 1 fully saturated rings. The smallest absolute Gasteiger partial charge is 0.306 e. The van der Waals surface area contributed by atoms with Crippen molar-refractivity contribution in [2.45, 2.75) is 70.3 Å². The Morgan fingerprint density at radius 3 is 2.44 bits per heavy atom. The second kappa shape index (κ2) is 10.3. The molecule has 0 aromatic rings. The summed E-state index contributed by atoms with van der Waals surface area (Å²) in [6, 6.07) is 0. The number of halogens is 4. The minimum atomic E-state index is -3.86. The fourth-order valence-electron chi connectivity index (χ4n) is 2.67. The van der Waals surface area contributed by atoms with E-state index in [0.717, 1.165) is 12.8 Å². The van der Waals surface area contributed by atoms with E-state index in [1.807, 2.05) is 0 Å². The molecule has 0 aliphatic carbocycles. The molecule has 0 N–H and O–H groups in total. The molecule has 0 saturated carbocycles. The Bertz CT molecular complexity index is 393. The van der Waals surface area contributed by atoms with E-state index in [-0.39, 0.29) is 13.0 Å². The number of hydrogen-bond donors (Lipinski definition) is 0. The van der Waals surface area contributed by atoms with E-state index in [0.29, 0.717) is 38.9 Å². The predicted octanol–water partition coefficient (Wildman–Crippen LogP) is 4.21. The van der Waals surface area contributed by atoms with Gasteiger partial charge in [-0.1, -0.05) is 6.92 Å². The Morgan fingerprint density at radius 1 is 1.24 bits per heavy atom. The highest BCUT2D eigenvalue weighted by Gasteiger charge is 2.48. The molecule has 25 heavy (non-hydrogen) atoms. The molecule has 4 nitrogen and oxygen atoms in total. The maximum atomic E-state index is 14.1. The SMILES string of the molecule is CCCC(=O)OC(COCCC1CCOCC1)C(F)(F)CC(C)(F)F. The third kappa shape index (κ3) is 9.39. The second-order valence-corrected chi connectivity index (χ2v) is 6.66. The summed E-state index contributed by atoms with van der Waals surface area (Å²) in [6.07, 6.45) is -0.871. The molecule has 1 unspecified atom stereocenters.